The summed E-state index contributed by atoms with van der Waals surface area (Å²) in [6.07, 6.45) is 6.59. The Morgan fingerprint density at radius 3 is 2.61 bits per heavy atom. The third kappa shape index (κ3) is 4.29. The van der Waals surface area contributed by atoms with E-state index >= 15 is 0 Å². The minimum absolute atomic E-state index is 0.0749. The molecule has 0 spiro atoms. The number of nitrogens with one attached hydrogen (secondary N) is 2. The number of rotatable bonds is 7. The maximum atomic E-state index is 13.4. The van der Waals surface area contributed by atoms with Crippen LogP contribution in [0, 0.1) is 5.82 Å². The minimum Gasteiger partial charge on any atom is -0.371 e. The van der Waals surface area contributed by atoms with Gasteiger partial charge in [0.15, 0.2) is 0 Å². The fourth-order valence-corrected chi connectivity index (χ4v) is 5.26. The van der Waals surface area contributed by atoms with Crippen LogP contribution >= 0.6 is 0 Å². The average Bonchev–Trinajstić information content (AvgIpc) is 3.43. The van der Waals surface area contributed by atoms with Crippen molar-refractivity contribution in [2.45, 2.75) is 19.2 Å². The van der Waals surface area contributed by atoms with Gasteiger partial charge < -0.3 is 18.9 Å². The van der Waals surface area contributed by atoms with Gasteiger partial charge in [-0.1, -0.05) is 12.1 Å². The van der Waals surface area contributed by atoms with Gasteiger partial charge in [0.05, 0.1) is 36.7 Å². The van der Waals surface area contributed by atoms with Gasteiger partial charge in [-0.3, -0.25) is 9.52 Å². The van der Waals surface area contributed by atoms with Crippen LogP contribution in [0.15, 0.2) is 71.9 Å². The Kier molecular flexibility index (Phi) is 5.24. The van der Waals surface area contributed by atoms with Crippen molar-refractivity contribution in [3.63, 3.8) is 0 Å². The van der Waals surface area contributed by atoms with Gasteiger partial charge in [-0.05, 0) is 47.5 Å². The van der Waals surface area contributed by atoms with Gasteiger partial charge in [0.25, 0.3) is 5.56 Å². The first-order valence-electron chi connectivity index (χ1n) is 11.4. The number of fused-ring (bicyclic) bond motifs is 2. The molecular formula is C26H23FN4O4S. The van der Waals surface area contributed by atoms with E-state index in [4.69, 9.17) is 4.74 Å². The zero-order valence-corrected chi connectivity index (χ0v) is 20.2. The molecule has 0 bridgehead atoms. The van der Waals surface area contributed by atoms with Crippen LogP contribution in [0.3, 0.4) is 0 Å². The average molecular weight is 507 g/mol. The van der Waals surface area contributed by atoms with Crippen LogP contribution in [0.2, 0.25) is 0 Å². The molecule has 0 saturated carbocycles. The van der Waals surface area contributed by atoms with E-state index in [1.54, 1.807) is 24.4 Å². The standard InChI is InChI=1S/C26H23FN4O4S/c1-36(33,34)29-23-10-17(11-24-21(23)7-9-30(24)12-16-2-4-18(27)5-3-16)22-14-31(13-19-15-35-19)25-20(22)6-8-28-26(25)32/h2-11,14,19,29H,12-13,15H2,1H3,(H,28,32). The summed E-state index contributed by atoms with van der Waals surface area (Å²) in [4.78, 5) is 15.5. The Bertz CT molecular complexity index is 1780. The molecule has 3 aromatic heterocycles. The second kappa shape index (κ2) is 8.35. The van der Waals surface area contributed by atoms with Crippen molar-refractivity contribution in [3.05, 3.63) is 88.9 Å². The SMILES string of the molecule is CS(=O)(=O)Nc1cc(-c2cn(CC3CO3)c3c(=O)[nH]ccc23)cc2c1ccn2Cc1ccc(F)cc1. The fraction of sp³-hybridized carbons (Fsp3) is 0.192. The second-order valence-electron chi connectivity index (χ2n) is 9.12. The van der Waals surface area contributed by atoms with Crippen LogP contribution in [0.4, 0.5) is 10.1 Å². The number of ether oxygens (including phenoxy) is 1. The molecule has 8 nitrogen and oxygen atoms in total. The molecule has 2 N–H and O–H groups in total. The predicted molar refractivity (Wildman–Crippen MR) is 137 cm³/mol. The number of anilines is 1. The van der Waals surface area contributed by atoms with Crippen molar-refractivity contribution in [2.75, 3.05) is 17.6 Å². The van der Waals surface area contributed by atoms with Crippen molar-refractivity contribution in [3.8, 4) is 11.1 Å². The number of sulfonamides is 1. The Labute approximate surface area is 206 Å². The van der Waals surface area contributed by atoms with E-state index in [0.29, 0.717) is 30.9 Å². The van der Waals surface area contributed by atoms with Gasteiger partial charge in [-0.25, -0.2) is 12.8 Å². The number of nitrogens with zero attached hydrogens (tertiary/aromatic N) is 2. The van der Waals surface area contributed by atoms with Crippen molar-refractivity contribution >= 4 is 37.5 Å². The molecule has 0 amide bonds. The van der Waals surface area contributed by atoms with E-state index < -0.39 is 10.0 Å². The highest BCUT2D eigenvalue weighted by atomic mass is 32.2. The zero-order valence-electron chi connectivity index (χ0n) is 19.4. The number of benzene rings is 2. The summed E-state index contributed by atoms with van der Waals surface area (Å²) in [6, 6.07) is 13.8. The fourth-order valence-electron chi connectivity index (χ4n) is 4.69. The van der Waals surface area contributed by atoms with Gasteiger partial charge in [-0.2, -0.15) is 0 Å². The summed E-state index contributed by atoms with van der Waals surface area (Å²) < 4.78 is 49.7. The highest BCUT2D eigenvalue weighted by Crippen LogP contribution is 2.36. The third-order valence-corrected chi connectivity index (χ3v) is 6.95. The Balaban J connectivity index is 1.55. The van der Waals surface area contributed by atoms with Gasteiger partial charge in [0.1, 0.15) is 11.3 Å². The van der Waals surface area contributed by atoms with Crippen molar-refractivity contribution in [1.82, 2.24) is 14.1 Å². The Morgan fingerprint density at radius 1 is 1.11 bits per heavy atom. The summed E-state index contributed by atoms with van der Waals surface area (Å²) in [5.74, 6) is -0.305. The molecule has 1 saturated heterocycles. The number of aromatic amines is 1. The lowest BCUT2D eigenvalue weighted by atomic mass is 10.0. The monoisotopic (exact) mass is 506 g/mol. The van der Waals surface area contributed by atoms with Crippen molar-refractivity contribution in [2.24, 2.45) is 0 Å². The number of hydrogen-bond acceptors (Lipinski definition) is 4. The molecule has 2 aromatic carbocycles. The van der Waals surface area contributed by atoms with Crippen LogP contribution in [0.25, 0.3) is 32.9 Å². The lowest BCUT2D eigenvalue weighted by Gasteiger charge is -2.12. The molecule has 1 atom stereocenters. The summed E-state index contributed by atoms with van der Waals surface area (Å²) in [6.45, 7) is 1.69. The largest absolute Gasteiger partial charge is 0.371 e. The number of halogens is 1. The molecule has 36 heavy (non-hydrogen) atoms. The van der Waals surface area contributed by atoms with E-state index in [9.17, 15) is 17.6 Å². The van der Waals surface area contributed by atoms with E-state index in [-0.39, 0.29) is 17.5 Å². The molecule has 0 radical (unpaired) electrons. The maximum absolute atomic E-state index is 13.4. The van der Waals surface area contributed by atoms with Gasteiger partial charge in [0.2, 0.25) is 10.0 Å². The molecule has 1 aliphatic heterocycles. The van der Waals surface area contributed by atoms with E-state index in [0.717, 1.165) is 39.2 Å². The number of hydrogen-bond donors (Lipinski definition) is 2. The number of pyridine rings is 1. The molecular weight excluding hydrogens is 483 g/mol. The predicted octanol–water partition coefficient (Wildman–Crippen LogP) is 3.91. The molecule has 0 aliphatic carbocycles. The zero-order chi connectivity index (χ0) is 25.0. The maximum Gasteiger partial charge on any atom is 0.272 e. The van der Waals surface area contributed by atoms with E-state index in [1.807, 2.05) is 39.7 Å². The highest BCUT2D eigenvalue weighted by Gasteiger charge is 2.25. The molecule has 6 rings (SSSR count). The first-order chi connectivity index (χ1) is 17.2. The number of aromatic nitrogens is 3. The first kappa shape index (κ1) is 22.6. The van der Waals surface area contributed by atoms with Crippen LogP contribution in [-0.2, 0) is 27.8 Å². The Morgan fingerprint density at radius 2 is 1.89 bits per heavy atom. The van der Waals surface area contributed by atoms with Crippen LogP contribution in [0.1, 0.15) is 5.56 Å². The molecule has 10 heteroatoms. The topological polar surface area (TPSA) is 101 Å². The minimum atomic E-state index is -3.55. The normalized spacial score (nSPS) is 15.6. The highest BCUT2D eigenvalue weighted by molar-refractivity contribution is 7.92. The van der Waals surface area contributed by atoms with Crippen molar-refractivity contribution in [1.29, 1.82) is 0 Å². The molecule has 5 aromatic rings. The quantitative estimate of drug-likeness (QED) is 0.327. The molecule has 184 valence electrons. The Hall–Kier alpha value is -3.89. The van der Waals surface area contributed by atoms with Crippen LogP contribution < -0.4 is 10.3 Å². The summed E-state index contributed by atoms with van der Waals surface area (Å²) in [5, 5.41) is 1.50. The third-order valence-electron chi connectivity index (χ3n) is 6.36. The lowest BCUT2D eigenvalue weighted by Crippen LogP contribution is -2.12. The van der Waals surface area contributed by atoms with Gasteiger partial charge in [-0.15, -0.1) is 0 Å². The molecule has 4 heterocycles. The number of H-pyrrole nitrogens is 1. The summed E-state index contributed by atoms with van der Waals surface area (Å²) in [7, 11) is -3.55. The molecule has 1 fully saturated rings. The second-order valence-corrected chi connectivity index (χ2v) is 10.9. The van der Waals surface area contributed by atoms with Gasteiger partial charge in [0, 0.05) is 41.5 Å². The van der Waals surface area contributed by atoms with E-state index in [2.05, 4.69) is 9.71 Å². The lowest BCUT2D eigenvalue weighted by molar-refractivity contribution is 0.385. The smallest absolute Gasteiger partial charge is 0.272 e. The molecule has 1 unspecified atom stereocenters. The summed E-state index contributed by atoms with van der Waals surface area (Å²) in [5.41, 5.74) is 4.07. The van der Waals surface area contributed by atoms with Gasteiger partial charge >= 0.3 is 0 Å². The number of epoxide rings is 1. The van der Waals surface area contributed by atoms with Crippen LogP contribution in [-0.4, -0.2) is 41.5 Å². The first-order valence-corrected chi connectivity index (χ1v) is 13.3. The van der Waals surface area contributed by atoms with E-state index in [1.165, 1.54) is 12.1 Å². The molecule has 1 aliphatic rings. The van der Waals surface area contributed by atoms with Crippen molar-refractivity contribution < 1.29 is 17.5 Å². The summed E-state index contributed by atoms with van der Waals surface area (Å²) >= 11 is 0. The van der Waals surface area contributed by atoms with Crippen LogP contribution in [0.5, 0.6) is 0 Å².